The number of aliphatic hydroxyl groups excluding tert-OH is 1. The second kappa shape index (κ2) is 3.89. The standard InChI is InChI=1S/C8H7ClF2O2/c9-6-3-4(12)1-2-5(6)7(13)8(10)11/h1-3,7-8,12-13H. The van der Waals surface area contributed by atoms with E-state index in [0.29, 0.717) is 0 Å². The highest BCUT2D eigenvalue weighted by Gasteiger charge is 2.21. The van der Waals surface area contributed by atoms with Crippen molar-refractivity contribution < 1.29 is 19.0 Å². The van der Waals surface area contributed by atoms with Gasteiger partial charge in [-0.3, -0.25) is 0 Å². The van der Waals surface area contributed by atoms with Gasteiger partial charge in [-0.05, 0) is 12.1 Å². The lowest BCUT2D eigenvalue weighted by atomic mass is 10.1. The van der Waals surface area contributed by atoms with Crippen molar-refractivity contribution in [2.24, 2.45) is 0 Å². The SMILES string of the molecule is Oc1ccc(C(O)C(F)F)c(Cl)c1. The molecule has 0 spiro atoms. The molecule has 2 N–H and O–H groups in total. The number of alkyl halides is 2. The Morgan fingerprint density at radius 2 is 1.92 bits per heavy atom. The summed E-state index contributed by atoms with van der Waals surface area (Å²) in [6.07, 6.45) is -4.80. The molecule has 0 radical (unpaired) electrons. The number of phenols is 1. The average molecular weight is 209 g/mol. The highest BCUT2D eigenvalue weighted by molar-refractivity contribution is 6.31. The molecule has 0 bridgehead atoms. The number of aliphatic hydroxyl groups is 1. The molecule has 0 heterocycles. The third-order valence-electron chi connectivity index (χ3n) is 1.54. The number of hydrogen-bond donors (Lipinski definition) is 2. The van der Waals surface area contributed by atoms with Gasteiger partial charge in [0, 0.05) is 5.56 Å². The van der Waals surface area contributed by atoms with Gasteiger partial charge in [-0.1, -0.05) is 17.7 Å². The van der Waals surface area contributed by atoms with Crippen LogP contribution in [-0.2, 0) is 0 Å². The Morgan fingerprint density at radius 3 is 2.38 bits per heavy atom. The Hall–Kier alpha value is -0.870. The number of hydrogen-bond acceptors (Lipinski definition) is 2. The maximum absolute atomic E-state index is 12.0. The van der Waals surface area contributed by atoms with E-state index in [4.69, 9.17) is 21.8 Å². The van der Waals surface area contributed by atoms with Crippen molar-refractivity contribution in [3.63, 3.8) is 0 Å². The maximum atomic E-state index is 12.0. The van der Waals surface area contributed by atoms with Crippen LogP contribution in [0.2, 0.25) is 5.02 Å². The molecule has 1 atom stereocenters. The lowest BCUT2D eigenvalue weighted by Crippen LogP contribution is -2.08. The molecule has 2 nitrogen and oxygen atoms in total. The molecular formula is C8H7ClF2O2. The summed E-state index contributed by atoms with van der Waals surface area (Å²) >= 11 is 5.52. The van der Waals surface area contributed by atoms with Crippen LogP contribution in [0.4, 0.5) is 8.78 Å². The molecular weight excluding hydrogens is 202 g/mol. The Bertz CT molecular complexity index is 304. The summed E-state index contributed by atoms with van der Waals surface area (Å²) in [7, 11) is 0. The summed E-state index contributed by atoms with van der Waals surface area (Å²) in [6.45, 7) is 0. The van der Waals surface area contributed by atoms with Crippen LogP contribution in [0, 0.1) is 0 Å². The third-order valence-corrected chi connectivity index (χ3v) is 1.87. The first-order valence-corrected chi connectivity index (χ1v) is 3.85. The minimum absolute atomic E-state index is 0.0761. The molecule has 0 aliphatic carbocycles. The van der Waals surface area contributed by atoms with E-state index >= 15 is 0 Å². The monoisotopic (exact) mass is 208 g/mol. The molecule has 72 valence electrons. The molecule has 1 aromatic rings. The summed E-state index contributed by atoms with van der Waals surface area (Å²) in [5.41, 5.74) is -0.0885. The fourth-order valence-corrected chi connectivity index (χ4v) is 1.18. The smallest absolute Gasteiger partial charge is 0.268 e. The highest BCUT2D eigenvalue weighted by Crippen LogP contribution is 2.29. The van der Waals surface area contributed by atoms with Gasteiger partial charge in [0.15, 0.2) is 0 Å². The Morgan fingerprint density at radius 1 is 1.31 bits per heavy atom. The molecule has 0 saturated carbocycles. The van der Waals surface area contributed by atoms with Gasteiger partial charge < -0.3 is 10.2 Å². The number of aromatic hydroxyl groups is 1. The largest absolute Gasteiger partial charge is 0.508 e. The zero-order valence-electron chi connectivity index (χ0n) is 6.42. The summed E-state index contributed by atoms with van der Waals surface area (Å²) in [4.78, 5) is 0. The maximum Gasteiger partial charge on any atom is 0.268 e. The van der Waals surface area contributed by atoms with E-state index in [1.165, 1.54) is 6.07 Å². The van der Waals surface area contributed by atoms with Gasteiger partial charge in [0.2, 0.25) is 0 Å². The van der Waals surface area contributed by atoms with E-state index < -0.39 is 12.5 Å². The van der Waals surface area contributed by atoms with Crippen LogP contribution in [0.5, 0.6) is 5.75 Å². The van der Waals surface area contributed by atoms with E-state index in [2.05, 4.69) is 0 Å². The van der Waals surface area contributed by atoms with Crippen LogP contribution < -0.4 is 0 Å². The predicted octanol–water partition coefficient (Wildman–Crippen LogP) is 2.34. The van der Waals surface area contributed by atoms with Crippen LogP contribution in [0.15, 0.2) is 18.2 Å². The Balaban J connectivity index is 3.01. The zero-order valence-corrected chi connectivity index (χ0v) is 7.17. The van der Waals surface area contributed by atoms with E-state index in [1.54, 1.807) is 0 Å². The van der Waals surface area contributed by atoms with Crippen molar-refractivity contribution in [1.82, 2.24) is 0 Å². The van der Waals surface area contributed by atoms with Crippen LogP contribution >= 0.6 is 11.6 Å². The molecule has 1 unspecified atom stereocenters. The van der Waals surface area contributed by atoms with Gasteiger partial charge in [0.05, 0.1) is 5.02 Å². The summed E-state index contributed by atoms with van der Waals surface area (Å²) in [5.74, 6) is -0.129. The summed E-state index contributed by atoms with van der Waals surface area (Å²) < 4.78 is 24.0. The van der Waals surface area contributed by atoms with Gasteiger partial charge in [0.25, 0.3) is 6.43 Å². The average Bonchev–Trinajstić information content (AvgIpc) is 2.03. The molecule has 0 amide bonds. The fraction of sp³-hybridized carbons (Fsp3) is 0.250. The second-order valence-electron chi connectivity index (χ2n) is 2.49. The molecule has 0 aliphatic rings. The predicted molar refractivity (Wildman–Crippen MR) is 44.1 cm³/mol. The van der Waals surface area contributed by atoms with Crippen LogP contribution in [0.25, 0.3) is 0 Å². The Labute approximate surface area is 78.4 Å². The number of rotatable bonds is 2. The molecule has 0 aliphatic heterocycles. The van der Waals surface area contributed by atoms with Crippen molar-refractivity contribution in [3.8, 4) is 5.75 Å². The van der Waals surface area contributed by atoms with Crippen LogP contribution in [0.1, 0.15) is 11.7 Å². The van der Waals surface area contributed by atoms with Crippen molar-refractivity contribution in [2.75, 3.05) is 0 Å². The van der Waals surface area contributed by atoms with E-state index in [-0.39, 0.29) is 16.3 Å². The van der Waals surface area contributed by atoms with Crippen molar-refractivity contribution in [3.05, 3.63) is 28.8 Å². The number of benzene rings is 1. The van der Waals surface area contributed by atoms with Gasteiger partial charge in [0.1, 0.15) is 11.9 Å². The molecule has 0 aromatic heterocycles. The van der Waals surface area contributed by atoms with E-state index in [0.717, 1.165) is 12.1 Å². The summed E-state index contributed by atoms with van der Waals surface area (Å²) in [6, 6.07) is 3.45. The van der Waals surface area contributed by atoms with Gasteiger partial charge in [-0.15, -0.1) is 0 Å². The van der Waals surface area contributed by atoms with Crippen LogP contribution in [-0.4, -0.2) is 16.6 Å². The fourth-order valence-electron chi connectivity index (χ4n) is 0.892. The normalized spacial score (nSPS) is 13.3. The van der Waals surface area contributed by atoms with E-state index in [1.807, 2.05) is 0 Å². The third kappa shape index (κ3) is 2.29. The molecule has 1 aromatic carbocycles. The van der Waals surface area contributed by atoms with E-state index in [9.17, 15) is 8.78 Å². The second-order valence-corrected chi connectivity index (χ2v) is 2.89. The van der Waals surface area contributed by atoms with Gasteiger partial charge in [-0.25, -0.2) is 8.78 Å². The Kier molecular flexibility index (Phi) is 3.06. The zero-order chi connectivity index (χ0) is 10.0. The molecule has 0 saturated heterocycles. The molecule has 0 fully saturated rings. The minimum Gasteiger partial charge on any atom is -0.508 e. The quantitative estimate of drug-likeness (QED) is 0.783. The minimum atomic E-state index is -2.89. The lowest BCUT2D eigenvalue weighted by molar-refractivity contribution is -0.00574. The first kappa shape index (κ1) is 10.2. The molecule has 1 rings (SSSR count). The highest BCUT2D eigenvalue weighted by atomic mass is 35.5. The first-order chi connectivity index (χ1) is 6.02. The lowest BCUT2D eigenvalue weighted by Gasteiger charge is -2.11. The molecule has 5 heteroatoms. The summed E-state index contributed by atoms with van der Waals surface area (Å²) in [5, 5.41) is 17.8. The van der Waals surface area contributed by atoms with Gasteiger partial charge in [-0.2, -0.15) is 0 Å². The molecule has 13 heavy (non-hydrogen) atoms. The number of phenolic OH excluding ortho intramolecular Hbond substituents is 1. The van der Waals surface area contributed by atoms with Crippen molar-refractivity contribution in [1.29, 1.82) is 0 Å². The van der Waals surface area contributed by atoms with Crippen molar-refractivity contribution in [2.45, 2.75) is 12.5 Å². The van der Waals surface area contributed by atoms with Crippen molar-refractivity contribution >= 4 is 11.6 Å². The van der Waals surface area contributed by atoms with Gasteiger partial charge >= 0.3 is 0 Å². The first-order valence-electron chi connectivity index (χ1n) is 3.47. The topological polar surface area (TPSA) is 40.5 Å². The number of halogens is 3. The van der Waals surface area contributed by atoms with Crippen LogP contribution in [0.3, 0.4) is 0 Å².